The van der Waals surface area contributed by atoms with Gasteiger partial charge in [0.15, 0.2) is 0 Å². The third kappa shape index (κ3) is 2.63. The number of nitrogens with zero attached hydrogens (tertiary/aromatic N) is 2. The molecule has 1 aromatic rings. The largest absolute Gasteiger partial charge is 0.347 e. The molecule has 3 rings (SSSR count). The normalized spacial score (nSPS) is 28.6. The Morgan fingerprint density at radius 2 is 2.25 bits per heavy atom. The first-order chi connectivity index (χ1) is 9.54. The molecule has 5 nitrogen and oxygen atoms in total. The van der Waals surface area contributed by atoms with Crippen molar-refractivity contribution in [2.75, 3.05) is 6.54 Å². The molecule has 0 spiro atoms. The first-order valence-electron chi connectivity index (χ1n) is 6.76. The van der Waals surface area contributed by atoms with Crippen molar-refractivity contribution >= 4 is 23.4 Å². The minimum absolute atomic E-state index is 0.113. The van der Waals surface area contributed by atoms with E-state index in [-0.39, 0.29) is 17.9 Å². The summed E-state index contributed by atoms with van der Waals surface area (Å²) in [4.78, 5) is 29.7. The van der Waals surface area contributed by atoms with Gasteiger partial charge in [0.1, 0.15) is 5.15 Å². The Bertz CT molecular complexity index is 546. The zero-order chi connectivity index (χ0) is 14.3. The average molecular weight is 294 g/mol. The lowest BCUT2D eigenvalue weighted by Gasteiger charge is -2.16. The summed E-state index contributed by atoms with van der Waals surface area (Å²) in [6.45, 7) is 2.75. The lowest BCUT2D eigenvalue weighted by molar-refractivity contribution is -0.128. The summed E-state index contributed by atoms with van der Waals surface area (Å²) in [5, 5.41) is 3.24. The van der Waals surface area contributed by atoms with Gasteiger partial charge in [-0.3, -0.25) is 9.59 Å². The van der Waals surface area contributed by atoms with E-state index >= 15 is 0 Å². The average Bonchev–Trinajstić information content (AvgIpc) is 3.01. The molecule has 2 fully saturated rings. The van der Waals surface area contributed by atoms with Crippen LogP contribution >= 0.6 is 11.6 Å². The molecule has 2 aliphatic rings. The van der Waals surface area contributed by atoms with Crippen molar-refractivity contribution in [1.29, 1.82) is 0 Å². The van der Waals surface area contributed by atoms with E-state index in [0.717, 1.165) is 6.42 Å². The Morgan fingerprint density at radius 3 is 2.85 bits per heavy atom. The molecule has 2 heterocycles. The number of halogens is 1. The van der Waals surface area contributed by atoms with Crippen LogP contribution in [0.25, 0.3) is 0 Å². The molecule has 6 heteroatoms. The van der Waals surface area contributed by atoms with Gasteiger partial charge in [-0.1, -0.05) is 18.5 Å². The van der Waals surface area contributed by atoms with Gasteiger partial charge in [-0.15, -0.1) is 0 Å². The molecular weight excluding hydrogens is 278 g/mol. The molecule has 106 valence electrons. The van der Waals surface area contributed by atoms with Gasteiger partial charge in [-0.2, -0.15) is 0 Å². The van der Waals surface area contributed by atoms with Crippen LogP contribution in [0.15, 0.2) is 18.3 Å². The van der Waals surface area contributed by atoms with E-state index in [1.807, 2.05) is 4.90 Å². The summed E-state index contributed by atoms with van der Waals surface area (Å²) in [6.07, 6.45) is 2.90. The highest BCUT2D eigenvalue weighted by molar-refractivity contribution is 6.29. The van der Waals surface area contributed by atoms with E-state index < -0.39 is 0 Å². The van der Waals surface area contributed by atoms with Crippen molar-refractivity contribution in [3.63, 3.8) is 0 Å². The van der Waals surface area contributed by atoms with E-state index in [1.54, 1.807) is 12.1 Å². The number of hydrogen-bond acceptors (Lipinski definition) is 3. The number of amides is 2. The van der Waals surface area contributed by atoms with Crippen LogP contribution in [0.2, 0.25) is 5.15 Å². The zero-order valence-electron chi connectivity index (χ0n) is 11.2. The second-order valence-electron chi connectivity index (χ2n) is 5.57. The number of carbonyl (C=O) groups excluding carboxylic acids is 2. The fourth-order valence-electron chi connectivity index (χ4n) is 2.66. The highest BCUT2D eigenvalue weighted by Gasteiger charge is 2.44. The predicted octanol–water partition coefficient (Wildman–Crippen LogP) is 1.47. The molecule has 1 aliphatic carbocycles. The van der Waals surface area contributed by atoms with Gasteiger partial charge in [-0.25, -0.2) is 4.98 Å². The molecule has 3 atom stereocenters. The van der Waals surface area contributed by atoms with Crippen LogP contribution in [-0.4, -0.2) is 40.3 Å². The van der Waals surface area contributed by atoms with Gasteiger partial charge in [0.05, 0.1) is 11.6 Å². The van der Waals surface area contributed by atoms with E-state index in [2.05, 4.69) is 17.2 Å². The van der Waals surface area contributed by atoms with Crippen LogP contribution < -0.4 is 5.32 Å². The summed E-state index contributed by atoms with van der Waals surface area (Å²) in [5.74, 6) is 0.519. The summed E-state index contributed by atoms with van der Waals surface area (Å²) in [6, 6.07) is 3.47. The molecule has 20 heavy (non-hydrogen) atoms. The quantitative estimate of drug-likeness (QED) is 0.859. The zero-order valence-corrected chi connectivity index (χ0v) is 11.9. The minimum atomic E-state index is -0.210. The third-order valence-corrected chi connectivity index (χ3v) is 4.17. The van der Waals surface area contributed by atoms with Crippen LogP contribution in [0, 0.1) is 5.92 Å². The Morgan fingerprint density at radius 1 is 1.50 bits per heavy atom. The van der Waals surface area contributed by atoms with Crippen LogP contribution in [0.3, 0.4) is 0 Å². The molecule has 1 aliphatic heterocycles. The Labute approximate surface area is 122 Å². The van der Waals surface area contributed by atoms with Crippen LogP contribution in [-0.2, 0) is 4.79 Å². The van der Waals surface area contributed by atoms with E-state index in [9.17, 15) is 9.59 Å². The van der Waals surface area contributed by atoms with Crippen molar-refractivity contribution in [2.45, 2.75) is 31.8 Å². The third-order valence-electron chi connectivity index (χ3n) is 3.95. The fraction of sp³-hybridized carbons (Fsp3) is 0.500. The van der Waals surface area contributed by atoms with Crippen molar-refractivity contribution < 1.29 is 9.59 Å². The van der Waals surface area contributed by atoms with E-state index in [4.69, 9.17) is 11.6 Å². The molecule has 0 radical (unpaired) electrons. The standard InChI is InChI=1S/C14H16ClN3O2/c1-8-4-11(8)18-7-10(5-13(18)19)17-14(20)9-2-3-12(15)16-6-9/h2-3,6,8,10-11H,4-5,7H2,1H3,(H,17,20)/t8-,10+,11+/m1/s1. The number of likely N-dealkylation sites (tertiary alicyclic amines) is 1. The molecule has 0 unspecified atom stereocenters. The van der Waals surface area contributed by atoms with Crippen LogP contribution in [0.1, 0.15) is 30.1 Å². The predicted molar refractivity (Wildman–Crippen MR) is 74.4 cm³/mol. The maximum atomic E-state index is 12.1. The summed E-state index contributed by atoms with van der Waals surface area (Å²) >= 11 is 5.69. The molecule has 1 saturated carbocycles. The Balaban J connectivity index is 1.60. The molecule has 1 aromatic heterocycles. The van der Waals surface area contributed by atoms with Gasteiger partial charge in [0.2, 0.25) is 5.91 Å². The smallest absolute Gasteiger partial charge is 0.253 e. The van der Waals surface area contributed by atoms with E-state index in [1.165, 1.54) is 6.20 Å². The van der Waals surface area contributed by atoms with E-state index in [0.29, 0.717) is 35.6 Å². The number of hydrogen-bond donors (Lipinski definition) is 1. The second-order valence-corrected chi connectivity index (χ2v) is 5.96. The minimum Gasteiger partial charge on any atom is -0.347 e. The summed E-state index contributed by atoms with van der Waals surface area (Å²) in [7, 11) is 0. The molecular formula is C14H16ClN3O2. The summed E-state index contributed by atoms with van der Waals surface area (Å²) in [5.41, 5.74) is 0.458. The first-order valence-corrected chi connectivity index (χ1v) is 7.14. The fourth-order valence-corrected chi connectivity index (χ4v) is 2.78. The Kier molecular flexibility index (Phi) is 3.38. The molecule has 0 bridgehead atoms. The molecule has 1 saturated heterocycles. The second kappa shape index (κ2) is 5.05. The van der Waals surface area contributed by atoms with Crippen molar-refractivity contribution in [2.24, 2.45) is 5.92 Å². The van der Waals surface area contributed by atoms with Crippen molar-refractivity contribution in [3.05, 3.63) is 29.0 Å². The monoisotopic (exact) mass is 293 g/mol. The number of nitrogens with one attached hydrogen (secondary N) is 1. The van der Waals surface area contributed by atoms with Crippen molar-refractivity contribution in [1.82, 2.24) is 15.2 Å². The highest BCUT2D eigenvalue weighted by Crippen LogP contribution is 2.37. The molecule has 1 N–H and O–H groups in total. The lowest BCUT2D eigenvalue weighted by atomic mass is 10.2. The van der Waals surface area contributed by atoms with Crippen molar-refractivity contribution in [3.8, 4) is 0 Å². The maximum Gasteiger partial charge on any atom is 0.253 e. The van der Waals surface area contributed by atoms with Gasteiger partial charge in [0.25, 0.3) is 5.91 Å². The maximum absolute atomic E-state index is 12.1. The number of carbonyl (C=O) groups is 2. The Hall–Kier alpha value is -1.62. The molecule has 2 amide bonds. The lowest BCUT2D eigenvalue weighted by Crippen LogP contribution is -2.37. The molecule has 0 aromatic carbocycles. The SMILES string of the molecule is C[C@@H]1C[C@@H]1N1C[C@@H](NC(=O)c2ccc(Cl)nc2)CC1=O. The topological polar surface area (TPSA) is 62.3 Å². The number of aromatic nitrogens is 1. The van der Waals surface area contributed by atoms with Crippen LogP contribution in [0.5, 0.6) is 0 Å². The van der Waals surface area contributed by atoms with Gasteiger partial charge in [0, 0.05) is 25.2 Å². The van der Waals surface area contributed by atoms with Gasteiger partial charge >= 0.3 is 0 Å². The summed E-state index contributed by atoms with van der Waals surface area (Å²) < 4.78 is 0. The highest BCUT2D eigenvalue weighted by atomic mass is 35.5. The van der Waals surface area contributed by atoms with Gasteiger partial charge in [-0.05, 0) is 24.5 Å². The van der Waals surface area contributed by atoms with Crippen LogP contribution in [0.4, 0.5) is 0 Å². The van der Waals surface area contributed by atoms with Gasteiger partial charge < -0.3 is 10.2 Å². The number of rotatable bonds is 3. The number of pyridine rings is 1. The first kappa shape index (κ1) is 13.4.